The fraction of sp³-hybridized carbons (Fsp3) is 0.115. The quantitative estimate of drug-likeness (QED) is 0.295. The van der Waals surface area contributed by atoms with E-state index >= 15 is 0 Å². The van der Waals surface area contributed by atoms with Crippen molar-refractivity contribution in [2.24, 2.45) is 0 Å². The van der Waals surface area contributed by atoms with Gasteiger partial charge in [-0.1, -0.05) is 42.5 Å². The summed E-state index contributed by atoms with van der Waals surface area (Å²) < 4.78 is 58.3. The summed E-state index contributed by atoms with van der Waals surface area (Å²) in [5.74, 6) is -1.65. The molecule has 1 fully saturated rings. The normalized spacial score (nSPS) is 14.8. The van der Waals surface area contributed by atoms with E-state index in [-0.39, 0.29) is 17.2 Å². The number of rotatable bonds is 7. The molecule has 190 valence electrons. The van der Waals surface area contributed by atoms with E-state index in [1.54, 1.807) is 42.5 Å². The lowest BCUT2D eigenvalue weighted by Gasteiger charge is -2.13. The van der Waals surface area contributed by atoms with Crippen LogP contribution in [0.2, 0.25) is 0 Å². The number of hydrogen-bond donors (Lipinski definition) is 1. The number of hydrogen-bond acceptors (Lipinski definition) is 5. The van der Waals surface area contributed by atoms with E-state index in [0.29, 0.717) is 33.5 Å². The van der Waals surface area contributed by atoms with E-state index in [1.165, 1.54) is 18.2 Å². The number of amides is 3. The summed E-state index contributed by atoms with van der Waals surface area (Å²) in [5, 5.41) is 1.56. The van der Waals surface area contributed by atoms with Gasteiger partial charge < -0.3 is 10.1 Å². The van der Waals surface area contributed by atoms with Crippen LogP contribution in [0.25, 0.3) is 6.08 Å². The topological polar surface area (TPSA) is 75.7 Å². The zero-order valence-electron chi connectivity index (χ0n) is 18.9. The number of carbonyl (C=O) groups excluding carboxylic acids is 3. The first-order valence-electron chi connectivity index (χ1n) is 10.8. The maximum atomic E-state index is 13.9. The molecule has 0 aromatic heterocycles. The minimum Gasteiger partial charge on any atom is -0.488 e. The Balaban J connectivity index is 1.45. The van der Waals surface area contributed by atoms with Gasteiger partial charge in [0.25, 0.3) is 11.1 Å². The first-order chi connectivity index (χ1) is 17.6. The Hall–Kier alpha value is -4.12. The molecule has 1 saturated heterocycles. The molecule has 3 amide bonds. The molecule has 37 heavy (non-hydrogen) atoms. The summed E-state index contributed by atoms with van der Waals surface area (Å²) >= 11 is 0.611. The van der Waals surface area contributed by atoms with E-state index in [2.05, 4.69) is 5.32 Å². The molecular weight excluding hydrogens is 512 g/mol. The van der Waals surface area contributed by atoms with Crippen LogP contribution in [0.5, 0.6) is 5.75 Å². The molecule has 0 unspecified atom stereocenters. The molecule has 0 aliphatic carbocycles. The van der Waals surface area contributed by atoms with E-state index in [1.807, 2.05) is 0 Å². The number of nitrogens with zero attached hydrogens (tertiary/aromatic N) is 1. The third-order valence-corrected chi connectivity index (χ3v) is 6.10. The molecule has 3 aromatic carbocycles. The second-order valence-electron chi connectivity index (χ2n) is 7.81. The highest BCUT2D eigenvalue weighted by molar-refractivity contribution is 8.18. The number of carbonyl (C=O) groups is 3. The van der Waals surface area contributed by atoms with Crippen molar-refractivity contribution in [3.8, 4) is 5.75 Å². The van der Waals surface area contributed by atoms with Crippen molar-refractivity contribution in [1.29, 1.82) is 0 Å². The van der Waals surface area contributed by atoms with E-state index < -0.39 is 41.2 Å². The number of thioether (sulfide) groups is 1. The molecule has 1 aliphatic heterocycles. The molecule has 3 aromatic rings. The number of para-hydroxylation sites is 1. The van der Waals surface area contributed by atoms with E-state index in [9.17, 15) is 31.9 Å². The molecule has 1 heterocycles. The van der Waals surface area contributed by atoms with Crippen LogP contribution in [0.1, 0.15) is 16.7 Å². The number of benzene rings is 3. The lowest BCUT2D eigenvalue weighted by Crippen LogP contribution is -2.36. The van der Waals surface area contributed by atoms with Crippen molar-refractivity contribution >= 4 is 40.6 Å². The predicted molar refractivity (Wildman–Crippen MR) is 130 cm³/mol. The van der Waals surface area contributed by atoms with Gasteiger partial charge in [0.15, 0.2) is 0 Å². The molecule has 0 bridgehead atoms. The average Bonchev–Trinajstić information content (AvgIpc) is 3.11. The largest absolute Gasteiger partial charge is 0.488 e. The number of ether oxygens (including phenoxy) is 1. The molecule has 0 spiro atoms. The van der Waals surface area contributed by atoms with Crippen molar-refractivity contribution in [3.63, 3.8) is 0 Å². The van der Waals surface area contributed by atoms with Crippen LogP contribution in [0.15, 0.2) is 77.7 Å². The summed E-state index contributed by atoms with van der Waals surface area (Å²) in [5.41, 5.74) is -0.277. The maximum Gasteiger partial charge on any atom is 0.416 e. The Kier molecular flexibility index (Phi) is 7.63. The molecular formula is C26H18F4N2O4S. The van der Waals surface area contributed by atoms with Crippen molar-refractivity contribution < 1.29 is 36.7 Å². The van der Waals surface area contributed by atoms with Gasteiger partial charge in [0.1, 0.15) is 24.7 Å². The Labute approximate surface area is 212 Å². The molecule has 1 N–H and O–H groups in total. The van der Waals surface area contributed by atoms with Crippen molar-refractivity contribution in [3.05, 3.63) is 100 Å². The number of halogens is 4. The maximum absolute atomic E-state index is 13.9. The predicted octanol–water partition coefficient (Wildman–Crippen LogP) is 6.10. The molecule has 11 heteroatoms. The molecule has 0 radical (unpaired) electrons. The summed E-state index contributed by atoms with van der Waals surface area (Å²) in [7, 11) is 0. The summed E-state index contributed by atoms with van der Waals surface area (Å²) in [4.78, 5) is 38.3. The van der Waals surface area contributed by atoms with Crippen LogP contribution in [-0.2, 0) is 22.4 Å². The second-order valence-corrected chi connectivity index (χ2v) is 8.81. The SMILES string of the molecule is O=C(CN1C(=O)S/C(=C\c2ccccc2OCc2ccccc2F)C1=O)Nc1cccc(C(F)(F)F)c1. The average molecular weight is 530 g/mol. The van der Waals surface area contributed by atoms with Gasteiger partial charge >= 0.3 is 6.18 Å². The third-order valence-electron chi connectivity index (χ3n) is 5.20. The minimum absolute atomic E-state index is 0.0267. The number of imide groups is 1. The van der Waals surface area contributed by atoms with Gasteiger partial charge in [0.2, 0.25) is 5.91 Å². The number of alkyl halides is 3. The van der Waals surface area contributed by atoms with Crippen LogP contribution in [0, 0.1) is 5.82 Å². The van der Waals surface area contributed by atoms with E-state index in [4.69, 9.17) is 4.74 Å². The van der Waals surface area contributed by atoms with Gasteiger partial charge in [-0.05, 0) is 48.2 Å². The van der Waals surface area contributed by atoms with Crippen molar-refractivity contribution in [2.75, 3.05) is 11.9 Å². The fourth-order valence-electron chi connectivity index (χ4n) is 3.40. The van der Waals surface area contributed by atoms with Gasteiger partial charge in [-0.2, -0.15) is 13.2 Å². The molecule has 0 saturated carbocycles. The van der Waals surface area contributed by atoms with Gasteiger partial charge in [-0.15, -0.1) is 0 Å². The highest BCUT2D eigenvalue weighted by atomic mass is 32.2. The monoisotopic (exact) mass is 530 g/mol. The van der Waals surface area contributed by atoms with Gasteiger partial charge in [-0.3, -0.25) is 19.3 Å². The van der Waals surface area contributed by atoms with Crippen LogP contribution in [0.4, 0.5) is 28.0 Å². The Morgan fingerprint density at radius 3 is 2.49 bits per heavy atom. The Bertz CT molecular complexity index is 1390. The Morgan fingerprint density at radius 1 is 1.00 bits per heavy atom. The van der Waals surface area contributed by atoms with Crippen LogP contribution >= 0.6 is 11.8 Å². The molecule has 6 nitrogen and oxygen atoms in total. The van der Waals surface area contributed by atoms with Crippen LogP contribution < -0.4 is 10.1 Å². The fourth-order valence-corrected chi connectivity index (χ4v) is 4.23. The van der Waals surface area contributed by atoms with Gasteiger partial charge in [0, 0.05) is 16.8 Å². The number of nitrogens with one attached hydrogen (secondary N) is 1. The number of anilines is 1. The molecule has 4 rings (SSSR count). The lowest BCUT2D eigenvalue weighted by atomic mass is 10.1. The first kappa shape index (κ1) is 26.0. The Morgan fingerprint density at radius 2 is 1.73 bits per heavy atom. The standard InChI is InChI=1S/C26H18F4N2O4S/c27-20-10-3-1-7-17(20)15-36-21-11-4-2-6-16(21)12-22-24(34)32(25(35)37-22)14-23(33)31-19-9-5-8-18(13-19)26(28,29)30/h1-13H,14-15H2,(H,31,33)/b22-12-. The summed E-state index contributed by atoms with van der Waals surface area (Å²) in [6, 6.07) is 16.8. The minimum atomic E-state index is -4.59. The second kappa shape index (κ2) is 10.9. The molecule has 1 aliphatic rings. The first-order valence-corrected chi connectivity index (χ1v) is 11.6. The highest BCUT2D eigenvalue weighted by Gasteiger charge is 2.36. The van der Waals surface area contributed by atoms with Crippen LogP contribution in [0.3, 0.4) is 0 Å². The zero-order chi connectivity index (χ0) is 26.6. The lowest BCUT2D eigenvalue weighted by molar-refractivity contribution is -0.137. The van der Waals surface area contributed by atoms with Crippen LogP contribution in [-0.4, -0.2) is 28.5 Å². The third kappa shape index (κ3) is 6.36. The van der Waals surface area contributed by atoms with Crippen molar-refractivity contribution in [2.45, 2.75) is 12.8 Å². The highest BCUT2D eigenvalue weighted by Crippen LogP contribution is 2.34. The van der Waals surface area contributed by atoms with Gasteiger partial charge in [-0.25, -0.2) is 4.39 Å². The summed E-state index contributed by atoms with van der Waals surface area (Å²) in [6.07, 6.45) is -3.17. The summed E-state index contributed by atoms with van der Waals surface area (Å²) in [6.45, 7) is -0.738. The molecule has 0 atom stereocenters. The van der Waals surface area contributed by atoms with Gasteiger partial charge in [0.05, 0.1) is 10.5 Å². The smallest absolute Gasteiger partial charge is 0.416 e. The van der Waals surface area contributed by atoms with E-state index in [0.717, 1.165) is 18.2 Å². The van der Waals surface area contributed by atoms with Crippen molar-refractivity contribution in [1.82, 2.24) is 4.90 Å². The zero-order valence-corrected chi connectivity index (χ0v) is 19.7.